The molecule has 20 heavy (non-hydrogen) atoms. The molecule has 3 N–H and O–H groups in total. The summed E-state index contributed by atoms with van der Waals surface area (Å²) in [4.78, 5) is 11.4. The fourth-order valence-corrected chi connectivity index (χ4v) is 4.37. The van der Waals surface area contributed by atoms with Crippen LogP contribution >= 0.6 is 15.9 Å². The van der Waals surface area contributed by atoms with Crippen LogP contribution in [0.4, 0.5) is 5.69 Å². The number of aliphatic hydroxyl groups excluding tert-OH is 1. The van der Waals surface area contributed by atoms with Crippen LogP contribution in [0.3, 0.4) is 0 Å². The summed E-state index contributed by atoms with van der Waals surface area (Å²) in [6.07, 6.45) is 0.653. The molecule has 0 saturated heterocycles. The van der Waals surface area contributed by atoms with Gasteiger partial charge in [0.1, 0.15) is 0 Å². The number of carbonyl (C=O) groups excluding carboxylic acids is 1. The summed E-state index contributed by atoms with van der Waals surface area (Å²) in [5, 5.41) is 11.8. The summed E-state index contributed by atoms with van der Waals surface area (Å²) in [5.74, 6) is -0.156. The van der Waals surface area contributed by atoms with Gasteiger partial charge in [-0.1, -0.05) is 6.92 Å². The van der Waals surface area contributed by atoms with Gasteiger partial charge in [-0.15, -0.1) is 0 Å². The van der Waals surface area contributed by atoms with E-state index in [1.54, 1.807) is 13.0 Å². The predicted octanol–water partition coefficient (Wildman–Crippen LogP) is 0.993. The van der Waals surface area contributed by atoms with Crippen molar-refractivity contribution in [1.29, 1.82) is 0 Å². The molecule has 0 unspecified atom stereocenters. The van der Waals surface area contributed by atoms with Gasteiger partial charge in [-0.2, -0.15) is 0 Å². The van der Waals surface area contributed by atoms with E-state index in [2.05, 4.69) is 26.0 Å². The van der Waals surface area contributed by atoms with Crippen molar-refractivity contribution in [1.82, 2.24) is 4.72 Å². The highest BCUT2D eigenvalue weighted by Gasteiger charge is 2.26. The molecule has 0 aliphatic carbocycles. The topological polar surface area (TPSA) is 95.5 Å². The lowest BCUT2D eigenvalue weighted by molar-refractivity contribution is -0.115. The number of halogens is 1. The highest BCUT2D eigenvalue weighted by Crippen LogP contribution is 2.32. The van der Waals surface area contributed by atoms with Crippen molar-refractivity contribution >= 4 is 37.5 Å². The lowest BCUT2D eigenvalue weighted by atomic mass is 10.2. The van der Waals surface area contributed by atoms with E-state index in [0.29, 0.717) is 22.1 Å². The molecule has 0 fully saturated rings. The minimum Gasteiger partial charge on any atom is -0.395 e. The number of sulfonamides is 1. The van der Waals surface area contributed by atoms with Crippen molar-refractivity contribution < 1.29 is 18.3 Å². The van der Waals surface area contributed by atoms with E-state index >= 15 is 0 Å². The molecule has 1 amide bonds. The van der Waals surface area contributed by atoms with Crippen LogP contribution in [-0.4, -0.2) is 32.1 Å². The van der Waals surface area contributed by atoms with E-state index in [1.807, 2.05) is 0 Å². The maximum absolute atomic E-state index is 12.3. The van der Waals surface area contributed by atoms with Gasteiger partial charge in [-0.25, -0.2) is 13.1 Å². The first-order valence-corrected chi connectivity index (χ1v) is 8.40. The Morgan fingerprint density at radius 3 is 2.80 bits per heavy atom. The maximum atomic E-state index is 12.3. The van der Waals surface area contributed by atoms with Gasteiger partial charge < -0.3 is 10.4 Å². The first kappa shape index (κ1) is 15.4. The quantitative estimate of drug-likeness (QED) is 0.727. The summed E-state index contributed by atoms with van der Waals surface area (Å²) >= 11 is 3.21. The minimum atomic E-state index is -3.75. The molecule has 1 aromatic rings. The monoisotopic (exact) mass is 362 g/mol. The summed E-state index contributed by atoms with van der Waals surface area (Å²) in [6, 6.07) is 2.53. The molecule has 1 heterocycles. The van der Waals surface area contributed by atoms with Crippen LogP contribution in [-0.2, 0) is 21.2 Å². The number of amides is 1. The predicted molar refractivity (Wildman–Crippen MR) is 78.0 cm³/mol. The second-order valence-electron chi connectivity index (χ2n) is 4.57. The number of anilines is 1. The Morgan fingerprint density at radius 2 is 2.20 bits per heavy atom. The molecular weight excluding hydrogens is 348 g/mol. The summed E-state index contributed by atoms with van der Waals surface area (Å²) in [7, 11) is -3.75. The van der Waals surface area contributed by atoms with Crippen molar-refractivity contribution in [3.8, 4) is 0 Å². The molecule has 0 bridgehead atoms. The van der Waals surface area contributed by atoms with Gasteiger partial charge in [0.2, 0.25) is 15.9 Å². The molecule has 1 aliphatic heterocycles. The lowest BCUT2D eigenvalue weighted by Crippen LogP contribution is -2.37. The number of aliphatic hydroxyl groups is 1. The zero-order chi connectivity index (χ0) is 14.9. The molecule has 1 aromatic carbocycles. The van der Waals surface area contributed by atoms with Gasteiger partial charge in [-0.3, -0.25) is 4.79 Å². The Bertz CT molecular complexity index is 641. The Kier molecular flexibility index (Phi) is 4.48. The number of carbonyl (C=O) groups is 1. The Hall–Kier alpha value is -0.960. The average Bonchev–Trinajstić information content (AvgIpc) is 2.74. The summed E-state index contributed by atoms with van der Waals surface area (Å²) in [6.45, 7) is 1.52. The SMILES string of the molecule is CC[C@@H](CO)NS(=O)(=O)c1cc2c(cc1Br)NC(=O)C2. The number of nitrogens with one attached hydrogen (secondary N) is 2. The van der Waals surface area contributed by atoms with Gasteiger partial charge in [0.25, 0.3) is 0 Å². The average molecular weight is 363 g/mol. The van der Waals surface area contributed by atoms with Crippen molar-refractivity contribution in [2.75, 3.05) is 11.9 Å². The highest BCUT2D eigenvalue weighted by atomic mass is 79.9. The largest absolute Gasteiger partial charge is 0.395 e. The van der Waals surface area contributed by atoms with Crippen LogP contribution < -0.4 is 10.0 Å². The van der Waals surface area contributed by atoms with Crippen LogP contribution in [0.5, 0.6) is 0 Å². The van der Waals surface area contributed by atoms with E-state index in [1.165, 1.54) is 6.07 Å². The summed E-state index contributed by atoms with van der Waals surface area (Å²) < 4.78 is 27.4. The van der Waals surface area contributed by atoms with E-state index in [-0.39, 0.29) is 23.8 Å². The number of rotatable bonds is 5. The molecule has 0 saturated carbocycles. The second kappa shape index (κ2) is 5.80. The van der Waals surface area contributed by atoms with Crippen LogP contribution in [0.15, 0.2) is 21.5 Å². The summed E-state index contributed by atoms with van der Waals surface area (Å²) in [5.41, 5.74) is 1.27. The standard InChI is InChI=1S/C12H15BrN2O4S/c1-2-8(6-16)15-20(18,19)11-3-7-4-12(17)14-10(7)5-9(11)13/h3,5,8,15-16H,2,4,6H2,1H3,(H,14,17)/t8-/m0/s1. The van der Waals surface area contributed by atoms with Crippen molar-refractivity contribution in [3.05, 3.63) is 22.2 Å². The molecule has 0 radical (unpaired) electrons. The fraction of sp³-hybridized carbons (Fsp3) is 0.417. The zero-order valence-electron chi connectivity index (χ0n) is 10.8. The zero-order valence-corrected chi connectivity index (χ0v) is 13.2. The highest BCUT2D eigenvalue weighted by molar-refractivity contribution is 9.10. The number of hydrogen-bond donors (Lipinski definition) is 3. The molecule has 0 aromatic heterocycles. The number of fused-ring (bicyclic) bond motifs is 1. The van der Waals surface area contributed by atoms with Crippen molar-refractivity contribution in [2.24, 2.45) is 0 Å². The maximum Gasteiger partial charge on any atom is 0.242 e. The molecule has 2 rings (SSSR count). The molecule has 0 spiro atoms. The van der Waals surface area contributed by atoms with E-state index in [0.717, 1.165) is 0 Å². The molecular formula is C12H15BrN2O4S. The van der Waals surface area contributed by atoms with Crippen LogP contribution in [0.25, 0.3) is 0 Å². The first-order valence-electron chi connectivity index (χ1n) is 6.13. The van der Waals surface area contributed by atoms with Crippen molar-refractivity contribution in [2.45, 2.75) is 30.7 Å². The fourth-order valence-electron chi connectivity index (χ4n) is 1.96. The van der Waals surface area contributed by atoms with Crippen LogP contribution in [0.2, 0.25) is 0 Å². The molecule has 1 atom stereocenters. The number of benzene rings is 1. The normalized spacial score (nSPS) is 15.8. The molecule has 1 aliphatic rings. The van der Waals surface area contributed by atoms with Gasteiger partial charge in [0, 0.05) is 16.2 Å². The Balaban J connectivity index is 2.38. The van der Waals surface area contributed by atoms with Gasteiger partial charge in [0.15, 0.2) is 0 Å². The first-order chi connectivity index (χ1) is 9.37. The third kappa shape index (κ3) is 3.03. The van der Waals surface area contributed by atoms with Gasteiger partial charge >= 0.3 is 0 Å². The van der Waals surface area contributed by atoms with Gasteiger partial charge in [-0.05, 0) is 40.0 Å². The number of hydrogen-bond acceptors (Lipinski definition) is 4. The molecule has 6 nitrogen and oxygen atoms in total. The third-order valence-corrected chi connectivity index (χ3v) is 5.59. The lowest BCUT2D eigenvalue weighted by Gasteiger charge is -2.16. The van der Waals surface area contributed by atoms with E-state index < -0.39 is 16.1 Å². The van der Waals surface area contributed by atoms with E-state index in [4.69, 9.17) is 5.11 Å². The third-order valence-electron chi connectivity index (χ3n) is 3.11. The van der Waals surface area contributed by atoms with Crippen LogP contribution in [0.1, 0.15) is 18.9 Å². The smallest absolute Gasteiger partial charge is 0.242 e. The Morgan fingerprint density at radius 1 is 1.50 bits per heavy atom. The minimum absolute atomic E-state index is 0.0691. The molecule has 110 valence electrons. The van der Waals surface area contributed by atoms with Crippen molar-refractivity contribution in [3.63, 3.8) is 0 Å². The molecule has 8 heteroatoms. The second-order valence-corrected chi connectivity index (χ2v) is 7.11. The van der Waals surface area contributed by atoms with E-state index in [9.17, 15) is 13.2 Å². The van der Waals surface area contributed by atoms with Gasteiger partial charge in [0.05, 0.1) is 17.9 Å². The van der Waals surface area contributed by atoms with Crippen LogP contribution in [0, 0.1) is 0 Å². The Labute approximate surface area is 125 Å².